The van der Waals surface area contributed by atoms with Gasteiger partial charge in [0.05, 0.1) is 5.69 Å². The number of Topliss-reactive ketones (excluding diaryl/α,β-unsaturated/α-hetero) is 1. The molecule has 1 amide bonds. The monoisotopic (exact) mass is 447 g/mol. The summed E-state index contributed by atoms with van der Waals surface area (Å²) in [6, 6.07) is 21.0. The number of nitrogens with one attached hydrogen (secondary N) is 1. The molecule has 170 valence electrons. The van der Waals surface area contributed by atoms with Crippen molar-refractivity contribution in [3.05, 3.63) is 83.9 Å². The van der Waals surface area contributed by atoms with Crippen LogP contribution >= 0.6 is 0 Å². The number of anilines is 1. The summed E-state index contributed by atoms with van der Waals surface area (Å²) in [6.45, 7) is 2.94. The fraction of sp³-hybridized carbons (Fsp3) is 0.192. The van der Waals surface area contributed by atoms with Gasteiger partial charge in [-0.3, -0.25) is 9.59 Å². The maximum Gasteiger partial charge on any atom is 0.344 e. The first-order chi connectivity index (χ1) is 15.9. The SMILES string of the molecule is CCC(=O)c1ccc(OCC(=O)OCC(=O)Nc2ccccc2Oc2ccc(C)cc2)cc1. The molecule has 7 nitrogen and oxygen atoms in total. The summed E-state index contributed by atoms with van der Waals surface area (Å²) in [6.07, 6.45) is 0.414. The maximum absolute atomic E-state index is 12.3. The Labute approximate surface area is 192 Å². The Morgan fingerprint density at radius 1 is 0.818 bits per heavy atom. The van der Waals surface area contributed by atoms with Gasteiger partial charge >= 0.3 is 5.97 Å². The van der Waals surface area contributed by atoms with Crippen LogP contribution in [0.2, 0.25) is 0 Å². The van der Waals surface area contributed by atoms with Crippen LogP contribution in [0.4, 0.5) is 5.69 Å². The molecule has 0 unspecified atom stereocenters. The molecule has 0 heterocycles. The summed E-state index contributed by atoms with van der Waals surface area (Å²) in [5.74, 6) is 0.352. The van der Waals surface area contributed by atoms with Gasteiger partial charge in [0.15, 0.2) is 24.7 Å². The van der Waals surface area contributed by atoms with Crippen molar-refractivity contribution in [2.24, 2.45) is 0 Å². The number of para-hydroxylation sites is 2. The highest BCUT2D eigenvalue weighted by atomic mass is 16.6. The third kappa shape index (κ3) is 7.21. The Balaban J connectivity index is 1.47. The van der Waals surface area contributed by atoms with Gasteiger partial charge in [-0.15, -0.1) is 0 Å². The van der Waals surface area contributed by atoms with E-state index in [4.69, 9.17) is 14.2 Å². The predicted octanol–water partition coefficient (Wildman–Crippen LogP) is 4.94. The smallest absolute Gasteiger partial charge is 0.344 e. The summed E-state index contributed by atoms with van der Waals surface area (Å²) >= 11 is 0. The molecule has 1 N–H and O–H groups in total. The second-order valence-electron chi connectivity index (χ2n) is 7.21. The van der Waals surface area contributed by atoms with Crippen molar-refractivity contribution in [3.63, 3.8) is 0 Å². The van der Waals surface area contributed by atoms with E-state index in [1.807, 2.05) is 31.2 Å². The van der Waals surface area contributed by atoms with Crippen molar-refractivity contribution < 1.29 is 28.6 Å². The number of esters is 1. The van der Waals surface area contributed by atoms with E-state index in [0.29, 0.717) is 34.9 Å². The van der Waals surface area contributed by atoms with Crippen molar-refractivity contribution in [2.45, 2.75) is 20.3 Å². The molecule has 33 heavy (non-hydrogen) atoms. The summed E-state index contributed by atoms with van der Waals surface area (Å²) < 4.78 is 16.2. The first-order valence-corrected chi connectivity index (χ1v) is 10.5. The molecule has 0 aliphatic carbocycles. The summed E-state index contributed by atoms with van der Waals surface area (Å²) in [5, 5.41) is 2.68. The van der Waals surface area contributed by atoms with E-state index in [-0.39, 0.29) is 12.4 Å². The Morgan fingerprint density at radius 2 is 1.48 bits per heavy atom. The highest BCUT2D eigenvalue weighted by Gasteiger charge is 2.12. The van der Waals surface area contributed by atoms with Crippen LogP contribution in [0.1, 0.15) is 29.3 Å². The Morgan fingerprint density at radius 3 is 2.18 bits per heavy atom. The Hall–Kier alpha value is -4.13. The maximum atomic E-state index is 12.3. The summed E-state index contributed by atoms with van der Waals surface area (Å²) in [7, 11) is 0. The van der Waals surface area contributed by atoms with Crippen LogP contribution in [0.25, 0.3) is 0 Å². The van der Waals surface area contributed by atoms with Gasteiger partial charge in [-0.25, -0.2) is 4.79 Å². The molecule has 3 aromatic carbocycles. The molecular formula is C26H25NO6. The lowest BCUT2D eigenvalue weighted by atomic mass is 10.1. The average Bonchev–Trinajstić information content (AvgIpc) is 2.84. The van der Waals surface area contributed by atoms with Gasteiger partial charge in [-0.05, 0) is 55.5 Å². The minimum atomic E-state index is -0.692. The lowest BCUT2D eigenvalue weighted by molar-refractivity contribution is -0.149. The number of carbonyl (C=O) groups is 3. The number of benzene rings is 3. The standard InChI is InChI=1S/C26H25NO6/c1-3-23(28)19-10-14-20(15-11-19)31-17-26(30)32-16-25(29)27-22-6-4-5-7-24(22)33-21-12-8-18(2)9-13-21/h4-15H,3,16-17H2,1-2H3,(H,27,29). The molecule has 0 saturated heterocycles. The molecule has 7 heteroatoms. The highest BCUT2D eigenvalue weighted by molar-refractivity contribution is 5.96. The summed E-state index contributed by atoms with van der Waals surface area (Å²) in [4.78, 5) is 35.8. The van der Waals surface area contributed by atoms with Crippen LogP contribution in [0.15, 0.2) is 72.8 Å². The van der Waals surface area contributed by atoms with Gasteiger partial charge in [0.1, 0.15) is 11.5 Å². The zero-order valence-electron chi connectivity index (χ0n) is 18.5. The molecule has 0 fully saturated rings. The van der Waals surface area contributed by atoms with Gasteiger partial charge in [-0.2, -0.15) is 0 Å². The van der Waals surface area contributed by atoms with E-state index in [1.54, 1.807) is 55.5 Å². The van der Waals surface area contributed by atoms with Crippen molar-refractivity contribution in [3.8, 4) is 17.2 Å². The fourth-order valence-corrected chi connectivity index (χ4v) is 2.85. The van der Waals surface area contributed by atoms with Gasteiger partial charge in [0, 0.05) is 12.0 Å². The number of ether oxygens (including phenoxy) is 3. The Kier molecular flexibility index (Phi) is 8.18. The van der Waals surface area contributed by atoms with Gasteiger partial charge in [-0.1, -0.05) is 36.8 Å². The van der Waals surface area contributed by atoms with Crippen LogP contribution in [-0.4, -0.2) is 30.9 Å². The van der Waals surface area contributed by atoms with E-state index >= 15 is 0 Å². The number of rotatable bonds is 10. The van der Waals surface area contributed by atoms with Crippen LogP contribution in [0.3, 0.4) is 0 Å². The van der Waals surface area contributed by atoms with Crippen LogP contribution in [-0.2, 0) is 14.3 Å². The second-order valence-corrected chi connectivity index (χ2v) is 7.21. The van der Waals surface area contributed by atoms with E-state index in [0.717, 1.165) is 5.56 Å². The molecule has 0 radical (unpaired) electrons. The molecule has 0 spiro atoms. The number of amides is 1. The predicted molar refractivity (Wildman–Crippen MR) is 124 cm³/mol. The van der Waals surface area contributed by atoms with Crippen molar-refractivity contribution >= 4 is 23.3 Å². The molecule has 0 aliphatic rings. The van der Waals surface area contributed by atoms with Crippen molar-refractivity contribution in [2.75, 3.05) is 18.5 Å². The van der Waals surface area contributed by atoms with Gasteiger partial charge in [0.25, 0.3) is 5.91 Å². The van der Waals surface area contributed by atoms with E-state index in [9.17, 15) is 14.4 Å². The minimum absolute atomic E-state index is 0.0258. The molecule has 0 bridgehead atoms. The topological polar surface area (TPSA) is 90.9 Å². The van der Waals surface area contributed by atoms with E-state index in [2.05, 4.69) is 5.32 Å². The molecular weight excluding hydrogens is 422 g/mol. The van der Waals surface area contributed by atoms with Crippen LogP contribution in [0, 0.1) is 6.92 Å². The zero-order valence-corrected chi connectivity index (χ0v) is 18.5. The minimum Gasteiger partial charge on any atom is -0.482 e. The zero-order chi connectivity index (χ0) is 23.6. The molecule has 0 atom stereocenters. The van der Waals surface area contributed by atoms with E-state index in [1.165, 1.54) is 0 Å². The third-order valence-corrected chi connectivity index (χ3v) is 4.63. The van der Waals surface area contributed by atoms with Crippen molar-refractivity contribution in [1.82, 2.24) is 0 Å². The third-order valence-electron chi connectivity index (χ3n) is 4.63. The molecule has 0 saturated carbocycles. The second kappa shape index (κ2) is 11.5. The molecule has 3 rings (SSSR count). The van der Waals surface area contributed by atoms with Crippen LogP contribution in [0.5, 0.6) is 17.2 Å². The number of carbonyl (C=O) groups excluding carboxylic acids is 3. The number of hydrogen-bond donors (Lipinski definition) is 1. The first-order valence-electron chi connectivity index (χ1n) is 10.5. The number of aryl methyl sites for hydroxylation is 1. The fourth-order valence-electron chi connectivity index (χ4n) is 2.85. The lowest BCUT2D eigenvalue weighted by Crippen LogP contribution is -2.23. The summed E-state index contributed by atoms with van der Waals surface area (Å²) in [5.41, 5.74) is 2.14. The largest absolute Gasteiger partial charge is 0.482 e. The highest BCUT2D eigenvalue weighted by Crippen LogP contribution is 2.29. The quantitative estimate of drug-likeness (QED) is 0.350. The average molecular weight is 447 g/mol. The number of hydrogen-bond acceptors (Lipinski definition) is 6. The Bertz CT molecular complexity index is 1110. The molecule has 0 aliphatic heterocycles. The van der Waals surface area contributed by atoms with Crippen molar-refractivity contribution in [1.29, 1.82) is 0 Å². The van der Waals surface area contributed by atoms with Gasteiger partial charge in [0.2, 0.25) is 0 Å². The first kappa shape index (κ1) is 23.5. The lowest BCUT2D eigenvalue weighted by Gasteiger charge is -2.12. The molecule has 3 aromatic rings. The van der Waals surface area contributed by atoms with E-state index < -0.39 is 18.5 Å². The number of ketones is 1. The molecule has 0 aromatic heterocycles. The van der Waals surface area contributed by atoms with Crippen LogP contribution < -0.4 is 14.8 Å². The van der Waals surface area contributed by atoms with Gasteiger partial charge < -0.3 is 19.5 Å². The normalized spacial score (nSPS) is 10.2.